The maximum Gasteiger partial charge on any atom is 0.322 e. The van der Waals surface area contributed by atoms with Gasteiger partial charge >= 0.3 is 6.03 Å². The molecule has 0 radical (unpaired) electrons. The van der Waals surface area contributed by atoms with Crippen LogP contribution in [0.1, 0.15) is 38.3 Å². The number of fused-ring (bicyclic) bond motifs is 1. The van der Waals surface area contributed by atoms with Gasteiger partial charge in [-0.25, -0.2) is 4.79 Å². The summed E-state index contributed by atoms with van der Waals surface area (Å²) in [5.41, 5.74) is 3.16. The molecule has 0 saturated carbocycles. The van der Waals surface area contributed by atoms with Crippen LogP contribution in [-0.4, -0.2) is 29.2 Å². The standard InChI is InChI=1S/C24H29N3O2/c1-17(2)16-26-13-11-19-14-20(9-10-22(19)26)25-24(28)27-12-5-8-23(27)18-6-4-7-21(15-18)29-3/h4,6-7,9-11,13-15,17,23H,5,8,12,16H2,1-3H3,(H,25,28). The number of urea groups is 1. The highest BCUT2D eigenvalue weighted by atomic mass is 16.5. The van der Waals surface area contributed by atoms with Crippen molar-refractivity contribution in [3.8, 4) is 5.75 Å². The Morgan fingerprint density at radius 2 is 2.07 bits per heavy atom. The number of carbonyl (C=O) groups is 1. The van der Waals surface area contributed by atoms with Crippen LogP contribution in [0.2, 0.25) is 0 Å². The molecule has 2 aromatic carbocycles. The molecule has 1 saturated heterocycles. The van der Waals surface area contributed by atoms with E-state index >= 15 is 0 Å². The number of amides is 2. The fourth-order valence-electron chi connectivity index (χ4n) is 4.23. The van der Waals surface area contributed by atoms with Gasteiger partial charge in [-0.1, -0.05) is 26.0 Å². The Balaban J connectivity index is 1.50. The molecule has 2 amide bonds. The van der Waals surface area contributed by atoms with Gasteiger partial charge in [0.05, 0.1) is 13.2 Å². The summed E-state index contributed by atoms with van der Waals surface area (Å²) in [5, 5.41) is 4.25. The fraction of sp³-hybridized carbons (Fsp3) is 0.375. The summed E-state index contributed by atoms with van der Waals surface area (Å²) in [6.07, 6.45) is 4.10. The Labute approximate surface area is 172 Å². The number of hydrogen-bond donors (Lipinski definition) is 1. The SMILES string of the molecule is COc1cccc(C2CCCN2C(=O)Nc2ccc3c(ccn3CC(C)C)c2)c1. The first-order valence-corrected chi connectivity index (χ1v) is 10.4. The molecule has 4 rings (SSSR count). The van der Waals surface area contributed by atoms with Crippen molar-refractivity contribution in [3.63, 3.8) is 0 Å². The van der Waals surface area contributed by atoms with Gasteiger partial charge in [0.15, 0.2) is 0 Å². The van der Waals surface area contributed by atoms with E-state index < -0.39 is 0 Å². The molecule has 152 valence electrons. The zero-order chi connectivity index (χ0) is 20.4. The Kier molecular flexibility index (Phi) is 5.47. The Hall–Kier alpha value is -2.95. The summed E-state index contributed by atoms with van der Waals surface area (Å²) in [6, 6.07) is 16.3. The highest BCUT2D eigenvalue weighted by molar-refractivity contribution is 5.93. The molecule has 1 aliphatic rings. The van der Waals surface area contributed by atoms with Crippen molar-refractivity contribution in [2.24, 2.45) is 5.92 Å². The van der Waals surface area contributed by atoms with E-state index in [0.29, 0.717) is 5.92 Å². The molecule has 1 atom stereocenters. The molecule has 0 aliphatic carbocycles. The van der Waals surface area contributed by atoms with Crippen molar-refractivity contribution in [2.75, 3.05) is 19.0 Å². The van der Waals surface area contributed by atoms with E-state index in [1.807, 2.05) is 29.2 Å². The van der Waals surface area contributed by atoms with Crippen LogP contribution in [0, 0.1) is 5.92 Å². The Morgan fingerprint density at radius 1 is 1.21 bits per heavy atom. The topological polar surface area (TPSA) is 46.5 Å². The third-order valence-electron chi connectivity index (χ3n) is 5.58. The highest BCUT2D eigenvalue weighted by Gasteiger charge is 2.30. The van der Waals surface area contributed by atoms with Gasteiger partial charge in [-0.15, -0.1) is 0 Å². The van der Waals surface area contributed by atoms with E-state index in [9.17, 15) is 4.79 Å². The fourth-order valence-corrected chi connectivity index (χ4v) is 4.23. The van der Waals surface area contributed by atoms with E-state index in [1.165, 1.54) is 5.52 Å². The van der Waals surface area contributed by atoms with Crippen LogP contribution < -0.4 is 10.1 Å². The summed E-state index contributed by atoms with van der Waals surface area (Å²) in [7, 11) is 1.67. The highest BCUT2D eigenvalue weighted by Crippen LogP contribution is 2.34. The second kappa shape index (κ2) is 8.19. The lowest BCUT2D eigenvalue weighted by Crippen LogP contribution is -2.34. The summed E-state index contributed by atoms with van der Waals surface area (Å²) < 4.78 is 7.62. The van der Waals surface area contributed by atoms with Crippen LogP contribution in [0.4, 0.5) is 10.5 Å². The predicted octanol–water partition coefficient (Wildman–Crippen LogP) is 5.67. The second-order valence-electron chi connectivity index (χ2n) is 8.19. The van der Waals surface area contributed by atoms with Gasteiger partial charge in [0, 0.05) is 35.9 Å². The largest absolute Gasteiger partial charge is 0.497 e. The second-order valence-corrected chi connectivity index (χ2v) is 8.19. The molecular formula is C24H29N3O2. The number of nitrogens with zero attached hydrogens (tertiary/aromatic N) is 2. The number of aromatic nitrogens is 1. The van der Waals surface area contributed by atoms with E-state index in [2.05, 4.69) is 54.2 Å². The van der Waals surface area contributed by atoms with Crippen molar-refractivity contribution in [3.05, 3.63) is 60.3 Å². The van der Waals surface area contributed by atoms with Crippen LogP contribution in [0.5, 0.6) is 5.75 Å². The average molecular weight is 392 g/mol. The van der Waals surface area contributed by atoms with E-state index in [4.69, 9.17) is 4.74 Å². The Morgan fingerprint density at radius 3 is 2.86 bits per heavy atom. The first-order valence-electron chi connectivity index (χ1n) is 10.4. The summed E-state index contributed by atoms with van der Waals surface area (Å²) >= 11 is 0. The van der Waals surface area contributed by atoms with Crippen molar-refractivity contribution in [1.29, 1.82) is 0 Å². The molecule has 0 bridgehead atoms. The van der Waals surface area contributed by atoms with Crippen molar-refractivity contribution in [2.45, 2.75) is 39.3 Å². The van der Waals surface area contributed by atoms with Gasteiger partial charge in [0.25, 0.3) is 0 Å². The van der Waals surface area contributed by atoms with Gasteiger partial charge in [-0.2, -0.15) is 0 Å². The summed E-state index contributed by atoms with van der Waals surface area (Å²) in [6.45, 7) is 6.19. The Bertz CT molecular complexity index is 1010. The molecule has 5 nitrogen and oxygen atoms in total. The van der Waals surface area contributed by atoms with Crippen molar-refractivity contribution < 1.29 is 9.53 Å². The molecule has 29 heavy (non-hydrogen) atoms. The van der Waals surface area contributed by atoms with Gasteiger partial charge < -0.3 is 19.5 Å². The number of rotatable bonds is 5. The van der Waals surface area contributed by atoms with Gasteiger partial charge in [-0.05, 0) is 60.7 Å². The normalized spacial score (nSPS) is 16.6. The number of anilines is 1. The smallest absolute Gasteiger partial charge is 0.322 e. The molecule has 1 N–H and O–H groups in total. The average Bonchev–Trinajstić information content (AvgIpc) is 3.35. The van der Waals surface area contributed by atoms with Crippen LogP contribution in [-0.2, 0) is 6.54 Å². The molecule has 1 aromatic heterocycles. The molecule has 2 heterocycles. The van der Waals surface area contributed by atoms with Crippen LogP contribution >= 0.6 is 0 Å². The third kappa shape index (κ3) is 4.09. The number of ether oxygens (including phenoxy) is 1. The van der Waals surface area contributed by atoms with Crippen LogP contribution in [0.25, 0.3) is 10.9 Å². The molecule has 3 aromatic rings. The number of nitrogens with one attached hydrogen (secondary N) is 1. The lowest BCUT2D eigenvalue weighted by Gasteiger charge is -2.25. The molecular weight excluding hydrogens is 362 g/mol. The van der Waals surface area contributed by atoms with Crippen molar-refractivity contribution >= 4 is 22.6 Å². The number of likely N-dealkylation sites (tertiary alicyclic amines) is 1. The zero-order valence-electron chi connectivity index (χ0n) is 17.4. The first-order chi connectivity index (χ1) is 14.0. The monoisotopic (exact) mass is 391 g/mol. The van der Waals surface area contributed by atoms with Gasteiger partial charge in [-0.3, -0.25) is 0 Å². The number of carbonyl (C=O) groups excluding carboxylic acids is 1. The number of methoxy groups -OCH3 is 1. The molecule has 1 aliphatic heterocycles. The van der Waals surface area contributed by atoms with Gasteiger partial charge in [0.2, 0.25) is 0 Å². The van der Waals surface area contributed by atoms with E-state index in [-0.39, 0.29) is 12.1 Å². The van der Waals surface area contributed by atoms with E-state index in [0.717, 1.165) is 48.3 Å². The predicted molar refractivity (Wildman–Crippen MR) is 117 cm³/mol. The lowest BCUT2D eigenvalue weighted by molar-refractivity contribution is 0.207. The van der Waals surface area contributed by atoms with E-state index in [1.54, 1.807) is 7.11 Å². The lowest BCUT2D eigenvalue weighted by atomic mass is 10.0. The number of hydrogen-bond acceptors (Lipinski definition) is 2. The minimum atomic E-state index is -0.0451. The molecule has 0 spiro atoms. The summed E-state index contributed by atoms with van der Waals surface area (Å²) in [4.78, 5) is 15.0. The summed E-state index contributed by atoms with van der Waals surface area (Å²) in [5.74, 6) is 1.42. The number of benzene rings is 2. The molecule has 1 unspecified atom stereocenters. The van der Waals surface area contributed by atoms with Gasteiger partial charge in [0.1, 0.15) is 5.75 Å². The van der Waals surface area contributed by atoms with Crippen molar-refractivity contribution in [1.82, 2.24) is 9.47 Å². The van der Waals surface area contributed by atoms with Crippen LogP contribution in [0.15, 0.2) is 54.7 Å². The quantitative estimate of drug-likeness (QED) is 0.609. The van der Waals surface area contributed by atoms with Crippen LogP contribution in [0.3, 0.4) is 0 Å². The minimum Gasteiger partial charge on any atom is -0.497 e. The maximum atomic E-state index is 13.0. The molecule has 5 heteroatoms. The molecule has 1 fully saturated rings. The first kappa shape index (κ1) is 19.4. The maximum absolute atomic E-state index is 13.0. The zero-order valence-corrected chi connectivity index (χ0v) is 17.4. The third-order valence-corrected chi connectivity index (χ3v) is 5.58. The minimum absolute atomic E-state index is 0.0451.